The number of hydrogen-bond donors (Lipinski definition) is 1. The number of esters is 1. The first-order valence-electron chi connectivity index (χ1n) is 7.60. The van der Waals surface area contributed by atoms with E-state index < -0.39 is 29.8 Å². The Morgan fingerprint density at radius 2 is 2.08 bits per heavy atom. The normalized spacial score (nSPS) is 19.5. The molecule has 0 aliphatic carbocycles. The van der Waals surface area contributed by atoms with Crippen LogP contribution < -0.4 is 5.32 Å². The highest BCUT2D eigenvalue weighted by atomic mass is 16.6. The van der Waals surface area contributed by atoms with Gasteiger partial charge in [0.25, 0.3) is 0 Å². The number of pyridine rings is 1. The number of ether oxygens (including phenoxy) is 3. The van der Waals surface area contributed by atoms with Crippen molar-refractivity contribution in [2.45, 2.75) is 45.4 Å². The van der Waals surface area contributed by atoms with Crippen molar-refractivity contribution < 1.29 is 23.8 Å². The van der Waals surface area contributed by atoms with E-state index in [4.69, 9.17) is 14.2 Å². The predicted octanol–water partition coefficient (Wildman–Crippen LogP) is 2.46. The van der Waals surface area contributed by atoms with E-state index in [1.807, 2.05) is 0 Å². The summed E-state index contributed by atoms with van der Waals surface area (Å²) in [5.74, 6) is -0.119. The molecule has 0 aromatic carbocycles. The van der Waals surface area contributed by atoms with Gasteiger partial charge in [-0.15, -0.1) is 0 Å². The number of anilines is 1. The van der Waals surface area contributed by atoms with E-state index in [-0.39, 0.29) is 6.61 Å². The van der Waals surface area contributed by atoms with Crippen LogP contribution in [0.2, 0.25) is 0 Å². The fourth-order valence-electron chi connectivity index (χ4n) is 2.05. The Balaban J connectivity index is 2.01. The van der Waals surface area contributed by atoms with Crippen molar-refractivity contribution in [1.29, 1.82) is 0 Å². The van der Waals surface area contributed by atoms with Crippen molar-refractivity contribution in [1.82, 2.24) is 4.98 Å². The Morgan fingerprint density at radius 3 is 2.67 bits per heavy atom. The molecule has 2 atom stereocenters. The Labute approximate surface area is 140 Å². The van der Waals surface area contributed by atoms with Crippen LogP contribution in [0.3, 0.4) is 0 Å². The molecule has 8 heteroatoms. The van der Waals surface area contributed by atoms with Crippen molar-refractivity contribution in [2.75, 3.05) is 11.9 Å². The summed E-state index contributed by atoms with van der Waals surface area (Å²) in [6.45, 7) is 7.32. The van der Waals surface area contributed by atoms with Gasteiger partial charge in [0.2, 0.25) is 0 Å². The first-order valence-corrected chi connectivity index (χ1v) is 7.60. The number of rotatable bonds is 4. The van der Waals surface area contributed by atoms with E-state index in [1.165, 1.54) is 12.6 Å². The number of aromatic nitrogens is 1. The van der Waals surface area contributed by atoms with E-state index >= 15 is 0 Å². The van der Waals surface area contributed by atoms with Crippen LogP contribution in [-0.2, 0) is 19.0 Å². The number of hydrogen-bond acceptors (Lipinski definition) is 7. The fourth-order valence-corrected chi connectivity index (χ4v) is 2.05. The van der Waals surface area contributed by atoms with Gasteiger partial charge in [0, 0.05) is 11.8 Å². The second-order valence-electron chi connectivity index (χ2n) is 6.11. The summed E-state index contributed by atoms with van der Waals surface area (Å²) >= 11 is 0. The largest absolute Gasteiger partial charge is 0.473 e. The molecule has 1 aromatic heterocycles. The summed E-state index contributed by atoms with van der Waals surface area (Å²) in [6.07, 6.45) is 1.57. The van der Waals surface area contributed by atoms with Crippen LogP contribution in [-0.4, -0.2) is 41.7 Å². The van der Waals surface area contributed by atoms with Crippen molar-refractivity contribution >= 4 is 24.3 Å². The highest BCUT2D eigenvalue weighted by Gasteiger charge is 2.35. The van der Waals surface area contributed by atoms with Crippen LogP contribution in [0, 0.1) is 0 Å². The summed E-state index contributed by atoms with van der Waals surface area (Å²) in [4.78, 5) is 31.7. The third-order valence-electron chi connectivity index (χ3n) is 2.99. The lowest BCUT2D eigenvalue weighted by Gasteiger charge is -2.19. The van der Waals surface area contributed by atoms with Gasteiger partial charge in [0.1, 0.15) is 11.4 Å². The molecule has 2 heterocycles. The average molecular weight is 335 g/mol. The Hall–Kier alpha value is -2.64. The van der Waals surface area contributed by atoms with Crippen molar-refractivity contribution in [3.63, 3.8) is 0 Å². The van der Waals surface area contributed by atoms with Gasteiger partial charge in [-0.25, -0.2) is 19.6 Å². The minimum absolute atomic E-state index is 0.272. The lowest BCUT2D eigenvalue weighted by molar-refractivity contribution is -0.146. The standard InChI is InChI=1S/C16H21N3O5/c1-5-22-14(20)12-13(23-9-18-12)10-6-7-11(17-8-10)19-15(21)24-16(2,3)4/h6-9,12-13H,5H2,1-4H3,(H,17,19,21)/t12-,13-/m0/s1. The molecule has 0 saturated heterocycles. The van der Waals surface area contributed by atoms with Gasteiger partial charge < -0.3 is 14.2 Å². The molecule has 0 bridgehead atoms. The van der Waals surface area contributed by atoms with Gasteiger partial charge in [-0.05, 0) is 33.8 Å². The summed E-state index contributed by atoms with van der Waals surface area (Å²) in [6, 6.07) is 2.55. The lowest BCUT2D eigenvalue weighted by atomic mass is 10.1. The molecule has 0 unspecified atom stereocenters. The minimum atomic E-state index is -0.753. The van der Waals surface area contributed by atoms with Gasteiger partial charge in [-0.1, -0.05) is 6.07 Å². The van der Waals surface area contributed by atoms with Gasteiger partial charge in [0.05, 0.1) is 6.61 Å². The topological polar surface area (TPSA) is 99.1 Å². The molecule has 0 fully saturated rings. The first-order chi connectivity index (χ1) is 11.3. The molecule has 1 amide bonds. The second kappa shape index (κ2) is 7.29. The molecule has 1 aliphatic heterocycles. The molecule has 1 aromatic rings. The molecule has 130 valence electrons. The van der Waals surface area contributed by atoms with Crippen LogP contribution in [0.4, 0.5) is 10.6 Å². The summed E-state index contributed by atoms with van der Waals surface area (Å²) in [7, 11) is 0. The minimum Gasteiger partial charge on any atom is -0.473 e. The SMILES string of the molecule is CCOC(=O)[C@H]1N=CO[C@H]1c1ccc(NC(=O)OC(C)(C)C)nc1. The van der Waals surface area contributed by atoms with E-state index in [9.17, 15) is 9.59 Å². The third kappa shape index (κ3) is 4.68. The maximum Gasteiger partial charge on any atom is 0.413 e. The lowest BCUT2D eigenvalue weighted by Crippen LogP contribution is -2.28. The zero-order valence-corrected chi connectivity index (χ0v) is 14.1. The molecule has 1 aliphatic rings. The van der Waals surface area contributed by atoms with Gasteiger partial charge in [0.15, 0.2) is 18.5 Å². The predicted molar refractivity (Wildman–Crippen MR) is 86.8 cm³/mol. The number of nitrogens with one attached hydrogen (secondary N) is 1. The fraction of sp³-hybridized carbons (Fsp3) is 0.500. The van der Waals surface area contributed by atoms with Crippen LogP contribution in [0.15, 0.2) is 23.3 Å². The molecule has 24 heavy (non-hydrogen) atoms. The number of nitrogens with zero attached hydrogens (tertiary/aromatic N) is 2. The monoisotopic (exact) mass is 335 g/mol. The zero-order valence-electron chi connectivity index (χ0n) is 14.1. The molecule has 8 nitrogen and oxygen atoms in total. The van der Waals surface area contributed by atoms with Crippen molar-refractivity contribution in [2.24, 2.45) is 4.99 Å². The van der Waals surface area contributed by atoms with E-state index in [0.717, 1.165) is 0 Å². The van der Waals surface area contributed by atoms with Crippen molar-refractivity contribution in [3.8, 4) is 0 Å². The smallest absolute Gasteiger partial charge is 0.413 e. The number of carbonyl (C=O) groups is 2. The Bertz CT molecular complexity index is 622. The highest BCUT2D eigenvalue weighted by molar-refractivity contribution is 5.83. The van der Waals surface area contributed by atoms with Gasteiger partial charge >= 0.3 is 12.1 Å². The molecule has 0 radical (unpaired) electrons. The van der Waals surface area contributed by atoms with Crippen LogP contribution in [0.1, 0.15) is 39.4 Å². The zero-order chi connectivity index (χ0) is 17.7. The Morgan fingerprint density at radius 1 is 1.33 bits per heavy atom. The molecule has 1 N–H and O–H groups in total. The summed E-state index contributed by atoms with van der Waals surface area (Å²) in [5, 5.41) is 2.53. The number of carbonyl (C=O) groups excluding carboxylic acids is 2. The maximum atomic E-state index is 11.9. The number of aliphatic imine (C=N–C) groups is 1. The van der Waals surface area contributed by atoms with E-state index in [1.54, 1.807) is 39.8 Å². The maximum absolute atomic E-state index is 11.9. The van der Waals surface area contributed by atoms with Crippen LogP contribution in [0.5, 0.6) is 0 Å². The van der Waals surface area contributed by atoms with Crippen LogP contribution >= 0.6 is 0 Å². The second-order valence-corrected chi connectivity index (χ2v) is 6.11. The molecular formula is C16H21N3O5. The third-order valence-corrected chi connectivity index (χ3v) is 2.99. The van der Waals surface area contributed by atoms with Crippen molar-refractivity contribution in [3.05, 3.63) is 23.9 Å². The molecular weight excluding hydrogens is 314 g/mol. The quantitative estimate of drug-likeness (QED) is 0.849. The average Bonchev–Trinajstić information content (AvgIpc) is 2.95. The molecule has 0 spiro atoms. The molecule has 0 saturated carbocycles. The van der Waals surface area contributed by atoms with Crippen LogP contribution in [0.25, 0.3) is 0 Å². The summed E-state index contributed by atoms with van der Waals surface area (Å²) in [5.41, 5.74) is 0.0617. The van der Waals surface area contributed by atoms with Gasteiger partial charge in [-0.2, -0.15) is 0 Å². The van der Waals surface area contributed by atoms with E-state index in [2.05, 4.69) is 15.3 Å². The first kappa shape index (κ1) is 17.7. The Kier molecular flexibility index (Phi) is 5.38. The molecule has 2 rings (SSSR count). The number of amides is 1. The highest BCUT2D eigenvalue weighted by Crippen LogP contribution is 2.28. The van der Waals surface area contributed by atoms with Gasteiger partial charge in [-0.3, -0.25) is 5.32 Å². The summed E-state index contributed by atoms with van der Waals surface area (Å²) < 4.78 is 15.5. The van der Waals surface area contributed by atoms with E-state index in [0.29, 0.717) is 11.4 Å².